The largest absolute Gasteiger partial charge is 0.270 e. The third kappa shape index (κ3) is 1.69. The summed E-state index contributed by atoms with van der Waals surface area (Å²) in [4.78, 5) is 10.5. The van der Waals surface area contributed by atoms with Gasteiger partial charge < -0.3 is 0 Å². The molecule has 96 valence electrons. The van der Waals surface area contributed by atoms with Crippen LogP contribution in [0.3, 0.4) is 0 Å². The molecule has 0 aliphatic carbocycles. The highest BCUT2D eigenvalue weighted by Gasteiger charge is 2.34. The van der Waals surface area contributed by atoms with Gasteiger partial charge in [0.05, 0.1) is 14.7 Å². The molecule has 0 amide bonds. The van der Waals surface area contributed by atoms with Crippen molar-refractivity contribution in [3.8, 4) is 11.1 Å². The second-order valence-electron chi connectivity index (χ2n) is 4.08. The van der Waals surface area contributed by atoms with Crippen LogP contribution in [0.2, 0.25) is 0 Å². The fraction of sp³-hybridized carbons (Fsp3) is 0. The van der Waals surface area contributed by atoms with Crippen LogP contribution < -0.4 is 0 Å². The summed E-state index contributed by atoms with van der Waals surface area (Å²) in [5.74, 6) is 0. The van der Waals surface area contributed by atoms with Crippen LogP contribution in [0.4, 0.5) is 5.69 Å². The van der Waals surface area contributed by atoms with Crippen LogP contribution in [0.25, 0.3) is 11.1 Å². The molecule has 0 unspecified atom stereocenters. The number of halogens is 1. The molecule has 19 heavy (non-hydrogen) atoms. The summed E-state index contributed by atoms with van der Waals surface area (Å²) < 4.78 is 25.3. The molecular formula is C12H6BrNO4S. The van der Waals surface area contributed by atoms with Crippen LogP contribution in [0.5, 0.6) is 0 Å². The lowest BCUT2D eigenvalue weighted by Crippen LogP contribution is -1.96. The summed E-state index contributed by atoms with van der Waals surface area (Å²) >= 11 is 3.23. The highest BCUT2D eigenvalue weighted by molar-refractivity contribution is 9.10. The Bertz CT molecular complexity index is 830. The number of rotatable bonds is 1. The highest BCUT2D eigenvalue weighted by Crippen LogP contribution is 2.45. The molecule has 0 saturated carbocycles. The average Bonchev–Trinajstić information content (AvgIpc) is 2.58. The summed E-state index contributed by atoms with van der Waals surface area (Å²) in [6.07, 6.45) is 0. The van der Waals surface area contributed by atoms with E-state index in [4.69, 9.17) is 0 Å². The standard InChI is InChI=1S/C12H6BrNO4S/c13-7-1-3-9-10-6-8(14(15)16)2-4-11(10)19(17,18)12(9)5-7/h1-6H. The molecule has 7 heteroatoms. The number of non-ortho nitro benzene ring substituents is 1. The van der Waals surface area contributed by atoms with Gasteiger partial charge in [-0.25, -0.2) is 8.42 Å². The molecule has 5 nitrogen and oxygen atoms in total. The molecule has 2 aromatic rings. The van der Waals surface area contributed by atoms with Gasteiger partial charge in [0.1, 0.15) is 0 Å². The minimum absolute atomic E-state index is 0.117. The molecule has 0 atom stereocenters. The van der Waals surface area contributed by atoms with Gasteiger partial charge in [-0.15, -0.1) is 0 Å². The van der Waals surface area contributed by atoms with Crippen molar-refractivity contribution in [2.24, 2.45) is 0 Å². The van der Waals surface area contributed by atoms with Gasteiger partial charge in [0.15, 0.2) is 0 Å². The lowest BCUT2D eigenvalue weighted by atomic mass is 10.1. The average molecular weight is 340 g/mol. The minimum Gasteiger partial charge on any atom is -0.258 e. The maximum absolute atomic E-state index is 12.3. The van der Waals surface area contributed by atoms with E-state index in [-0.39, 0.29) is 15.5 Å². The van der Waals surface area contributed by atoms with Crippen molar-refractivity contribution in [3.05, 3.63) is 51.0 Å². The number of fused-ring (bicyclic) bond motifs is 3. The number of nitro benzene ring substituents is 1. The molecule has 2 aromatic carbocycles. The number of nitrogens with zero attached hydrogens (tertiary/aromatic N) is 1. The first-order chi connectivity index (χ1) is 8.91. The van der Waals surface area contributed by atoms with E-state index in [0.717, 1.165) is 0 Å². The second kappa shape index (κ2) is 3.88. The zero-order chi connectivity index (χ0) is 13.8. The van der Waals surface area contributed by atoms with Crippen molar-refractivity contribution in [2.45, 2.75) is 9.79 Å². The first-order valence-corrected chi connectivity index (χ1v) is 7.52. The second-order valence-corrected chi connectivity index (χ2v) is 6.88. The Balaban J connectivity index is 2.39. The van der Waals surface area contributed by atoms with Crippen molar-refractivity contribution >= 4 is 31.5 Å². The Kier molecular flexibility index (Phi) is 2.51. The van der Waals surface area contributed by atoms with E-state index in [1.54, 1.807) is 12.1 Å². The zero-order valence-electron chi connectivity index (χ0n) is 9.33. The maximum Gasteiger partial charge on any atom is 0.270 e. The number of nitro groups is 1. The van der Waals surface area contributed by atoms with E-state index in [9.17, 15) is 18.5 Å². The van der Waals surface area contributed by atoms with Crippen molar-refractivity contribution < 1.29 is 13.3 Å². The van der Waals surface area contributed by atoms with Gasteiger partial charge in [-0.2, -0.15) is 0 Å². The summed E-state index contributed by atoms with van der Waals surface area (Å²) in [5, 5.41) is 10.8. The summed E-state index contributed by atoms with van der Waals surface area (Å²) in [6, 6.07) is 8.66. The van der Waals surface area contributed by atoms with E-state index < -0.39 is 14.8 Å². The van der Waals surface area contributed by atoms with Crippen molar-refractivity contribution in [1.82, 2.24) is 0 Å². The van der Waals surface area contributed by atoms with Crippen molar-refractivity contribution in [2.75, 3.05) is 0 Å². The molecule has 0 bridgehead atoms. The molecule has 1 aliphatic rings. The lowest BCUT2D eigenvalue weighted by molar-refractivity contribution is -0.384. The van der Waals surface area contributed by atoms with Gasteiger partial charge in [0.2, 0.25) is 9.84 Å². The van der Waals surface area contributed by atoms with E-state index in [2.05, 4.69) is 15.9 Å². The highest BCUT2D eigenvalue weighted by atomic mass is 79.9. The van der Waals surface area contributed by atoms with E-state index in [1.165, 1.54) is 24.3 Å². The van der Waals surface area contributed by atoms with Crippen LogP contribution in [0, 0.1) is 10.1 Å². The van der Waals surface area contributed by atoms with Crippen molar-refractivity contribution in [1.29, 1.82) is 0 Å². The number of hydrogen-bond acceptors (Lipinski definition) is 4. The van der Waals surface area contributed by atoms with Gasteiger partial charge >= 0.3 is 0 Å². The Labute approximate surface area is 117 Å². The molecule has 0 N–H and O–H groups in total. The smallest absolute Gasteiger partial charge is 0.258 e. The summed E-state index contributed by atoms with van der Waals surface area (Å²) in [6.45, 7) is 0. The van der Waals surface area contributed by atoms with Crippen LogP contribution in [0.15, 0.2) is 50.7 Å². The van der Waals surface area contributed by atoms with Gasteiger partial charge in [-0.05, 0) is 18.2 Å². The Hall–Kier alpha value is -1.73. The quantitative estimate of drug-likeness (QED) is 0.504. The zero-order valence-corrected chi connectivity index (χ0v) is 11.7. The molecule has 0 radical (unpaired) electrons. The van der Waals surface area contributed by atoms with Gasteiger partial charge in [0.25, 0.3) is 5.69 Å². The molecular weight excluding hydrogens is 334 g/mol. The molecule has 1 heterocycles. The van der Waals surface area contributed by atoms with E-state index >= 15 is 0 Å². The number of hydrogen-bond donors (Lipinski definition) is 0. The van der Waals surface area contributed by atoms with Gasteiger partial charge in [-0.1, -0.05) is 22.0 Å². The normalized spacial score (nSPS) is 14.8. The third-order valence-corrected chi connectivity index (χ3v) is 5.33. The maximum atomic E-state index is 12.3. The van der Waals surface area contributed by atoms with E-state index in [0.29, 0.717) is 15.6 Å². The predicted molar refractivity (Wildman–Crippen MR) is 71.7 cm³/mol. The molecule has 0 fully saturated rings. The fourth-order valence-corrected chi connectivity index (χ4v) is 4.34. The van der Waals surface area contributed by atoms with Gasteiger partial charge in [0, 0.05) is 27.7 Å². The number of benzene rings is 2. The predicted octanol–water partition coefficient (Wildman–Crippen LogP) is 3.17. The molecule has 0 saturated heterocycles. The summed E-state index contributed by atoms with van der Waals surface area (Å²) in [5.41, 5.74) is 0.767. The fourth-order valence-electron chi connectivity index (χ4n) is 2.14. The third-order valence-electron chi connectivity index (χ3n) is 2.99. The van der Waals surface area contributed by atoms with E-state index in [1.807, 2.05) is 0 Å². The van der Waals surface area contributed by atoms with Crippen LogP contribution in [-0.4, -0.2) is 13.3 Å². The van der Waals surface area contributed by atoms with Crippen LogP contribution in [-0.2, 0) is 9.84 Å². The van der Waals surface area contributed by atoms with Crippen LogP contribution >= 0.6 is 15.9 Å². The molecule has 0 aromatic heterocycles. The lowest BCUT2D eigenvalue weighted by Gasteiger charge is -1.98. The SMILES string of the molecule is O=[N+]([O-])c1ccc2c(c1)-c1ccc(Br)cc1S2(=O)=O. The number of sulfone groups is 1. The molecule has 3 rings (SSSR count). The molecule has 0 spiro atoms. The first-order valence-electron chi connectivity index (χ1n) is 5.25. The monoisotopic (exact) mass is 339 g/mol. The van der Waals surface area contributed by atoms with Crippen molar-refractivity contribution in [3.63, 3.8) is 0 Å². The Morgan fingerprint density at radius 2 is 1.74 bits per heavy atom. The first kappa shape index (κ1) is 12.3. The van der Waals surface area contributed by atoms with Crippen LogP contribution in [0.1, 0.15) is 0 Å². The topological polar surface area (TPSA) is 77.3 Å². The Morgan fingerprint density at radius 1 is 1.00 bits per heavy atom. The summed E-state index contributed by atoms with van der Waals surface area (Å²) in [7, 11) is -3.58. The minimum atomic E-state index is -3.58. The van der Waals surface area contributed by atoms with Gasteiger partial charge in [-0.3, -0.25) is 10.1 Å². The Morgan fingerprint density at radius 3 is 2.42 bits per heavy atom. The molecule has 1 aliphatic heterocycles.